The molecule has 3 heteroatoms. The second-order valence-corrected chi connectivity index (χ2v) is 4.53. The lowest BCUT2D eigenvalue weighted by Crippen LogP contribution is -2.28. The first-order valence-electron chi connectivity index (χ1n) is 4.98. The zero-order valence-corrected chi connectivity index (χ0v) is 10.6. The van der Waals surface area contributed by atoms with Crippen molar-refractivity contribution in [2.75, 3.05) is 11.9 Å². The molecule has 0 saturated carbocycles. The number of aromatic nitrogens is 1. The third-order valence-corrected chi connectivity index (χ3v) is 2.90. The Kier molecular flexibility index (Phi) is 4.39. The van der Waals surface area contributed by atoms with E-state index < -0.39 is 0 Å². The Labute approximate surface area is 94.5 Å². The molecule has 1 aromatic heterocycles. The van der Waals surface area contributed by atoms with Gasteiger partial charge in [0.25, 0.3) is 0 Å². The number of halogens is 1. The zero-order chi connectivity index (χ0) is 10.6. The highest BCUT2D eigenvalue weighted by molar-refractivity contribution is 9.10. The molecular formula is C11H17BrN2. The molecule has 2 nitrogen and oxygen atoms in total. The van der Waals surface area contributed by atoms with Crippen LogP contribution in [0, 0.1) is 0 Å². The topological polar surface area (TPSA) is 16.1 Å². The van der Waals surface area contributed by atoms with Crippen molar-refractivity contribution >= 4 is 21.6 Å². The van der Waals surface area contributed by atoms with Crippen molar-refractivity contribution < 1.29 is 0 Å². The number of pyridine rings is 1. The quantitative estimate of drug-likeness (QED) is 0.821. The van der Waals surface area contributed by atoms with Gasteiger partial charge in [0.05, 0.1) is 11.9 Å². The SMILES string of the molecule is CCCC(C)N(C)c1cncc(Br)c1. The van der Waals surface area contributed by atoms with E-state index in [2.05, 4.69) is 52.8 Å². The maximum atomic E-state index is 4.16. The van der Waals surface area contributed by atoms with Gasteiger partial charge in [-0.05, 0) is 35.3 Å². The minimum absolute atomic E-state index is 0.566. The van der Waals surface area contributed by atoms with Crippen LogP contribution in [-0.2, 0) is 0 Å². The van der Waals surface area contributed by atoms with Crippen molar-refractivity contribution in [3.8, 4) is 0 Å². The fourth-order valence-electron chi connectivity index (χ4n) is 1.46. The van der Waals surface area contributed by atoms with Crippen LogP contribution in [-0.4, -0.2) is 18.1 Å². The van der Waals surface area contributed by atoms with Gasteiger partial charge in [-0.25, -0.2) is 0 Å². The maximum Gasteiger partial charge on any atom is 0.0563 e. The molecule has 0 aromatic carbocycles. The summed E-state index contributed by atoms with van der Waals surface area (Å²) in [7, 11) is 2.11. The Bertz CT molecular complexity index is 288. The highest BCUT2D eigenvalue weighted by Crippen LogP contribution is 2.20. The predicted molar refractivity (Wildman–Crippen MR) is 64.7 cm³/mol. The monoisotopic (exact) mass is 256 g/mol. The van der Waals surface area contributed by atoms with Gasteiger partial charge in [0.2, 0.25) is 0 Å². The molecule has 0 aliphatic rings. The fourth-order valence-corrected chi connectivity index (χ4v) is 1.81. The van der Waals surface area contributed by atoms with Gasteiger partial charge < -0.3 is 4.90 Å². The third kappa shape index (κ3) is 2.98. The van der Waals surface area contributed by atoms with E-state index in [1.165, 1.54) is 18.5 Å². The molecule has 0 aliphatic carbocycles. The van der Waals surface area contributed by atoms with Gasteiger partial charge in [-0.3, -0.25) is 4.98 Å². The Morgan fingerprint density at radius 2 is 2.21 bits per heavy atom. The maximum absolute atomic E-state index is 4.16. The largest absolute Gasteiger partial charge is 0.371 e. The van der Waals surface area contributed by atoms with Crippen LogP contribution in [0.1, 0.15) is 26.7 Å². The average Bonchev–Trinajstić information content (AvgIpc) is 2.17. The summed E-state index contributed by atoms with van der Waals surface area (Å²) in [4.78, 5) is 6.42. The number of hydrogen-bond donors (Lipinski definition) is 0. The molecule has 14 heavy (non-hydrogen) atoms. The molecular weight excluding hydrogens is 240 g/mol. The summed E-state index contributed by atoms with van der Waals surface area (Å²) >= 11 is 3.43. The first-order valence-corrected chi connectivity index (χ1v) is 5.77. The fraction of sp³-hybridized carbons (Fsp3) is 0.545. The van der Waals surface area contributed by atoms with E-state index in [0.717, 1.165) is 4.47 Å². The molecule has 0 aliphatic heterocycles. The second kappa shape index (κ2) is 5.35. The van der Waals surface area contributed by atoms with E-state index in [1.54, 1.807) is 0 Å². The second-order valence-electron chi connectivity index (χ2n) is 3.61. The summed E-state index contributed by atoms with van der Waals surface area (Å²) in [5.41, 5.74) is 1.17. The smallest absolute Gasteiger partial charge is 0.0563 e. The molecule has 0 N–H and O–H groups in total. The van der Waals surface area contributed by atoms with E-state index in [4.69, 9.17) is 0 Å². The number of rotatable bonds is 4. The van der Waals surface area contributed by atoms with E-state index in [-0.39, 0.29) is 0 Å². The van der Waals surface area contributed by atoms with Crippen LogP contribution in [0.5, 0.6) is 0 Å². The van der Waals surface area contributed by atoms with Gasteiger partial charge >= 0.3 is 0 Å². The summed E-state index contributed by atoms with van der Waals surface area (Å²) in [5, 5.41) is 0. The minimum Gasteiger partial charge on any atom is -0.371 e. The van der Waals surface area contributed by atoms with Crippen molar-refractivity contribution in [2.24, 2.45) is 0 Å². The third-order valence-electron chi connectivity index (χ3n) is 2.47. The molecule has 1 unspecified atom stereocenters. The molecule has 0 radical (unpaired) electrons. The van der Waals surface area contributed by atoms with Crippen LogP contribution in [0.2, 0.25) is 0 Å². The summed E-state index contributed by atoms with van der Waals surface area (Å²) in [6.07, 6.45) is 6.13. The lowest BCUT2D eigenvalue weighted by atomic mass is 10.1. The summed E-state index contributed by atoms with van der Waals surface area (Å²) < 4.78 is 1.03. The Morgan fingerprint density at radius 1 is 1.50 bits per heavy atom. The Balaban J connectivity index is 2.73. The minimum atomic E-state index is 0.566. The average molecular weight is 257 g/mol. The van der Waals surface area contributed by atoms with E-state index in [0.29, 0.717) is 6.04 Å². The van der Waals surface area contributed by atoms with Crippen molar-refractivity contribution in [2.45, 2.75) is 32.7 Å². The number of nitrogens with zero attached hydrogens (tertiary/aromatic N) is 2. The van der Waals surface area contributed by atoms with Gasteiger partial charge in [-0.15, -0.1) is 0 Å². The predicted octanol–water partition coefficient (Wildman–Crippen LogP) is 3.47. The van der Waals surface area contributed by atoms with E-state index in [1.807, 2.05) is 12.4 Å². The molecule has 1 aromatic rings. The molecule has 0 amide bonds. The summed E-state index contributed by atoms with van der Waals surface area (Å²) in [5.74, 6) is 0. The van der Waals surface area contributed by atoms with Gasteiger partial charge in [-0.1, -0.05) is 13.3 Å². The van der Waals surface area contributed by atoms with Crippen LogP contribution < -0.4 is 4.90 Å². The van der Waals surface area contributed by atoms with Crippen LogP contribution in [0.4, 0.5) is 5.69 Å². The Morgan fingerprint density at radius 3 is 2.79 bits per heavy atom. The standard InChI is InChI=1S/C11H17BrN2/c1-4-5-9(2)14(3)11-6-10(12)7-13-8-11/h6-9H,4-5H2,1-3H3. The number of hydrogen-bond acceptors (Lipinski definition) is 2. The number of anilines is 1. The van der Waals surface area contributed by atoms with Crippen molar-refractivity contribution in [3.63, 3.8) is 0 Å². The van der Waals surface area contributed by atoms with Gasteiger partial charge in [0, 0.05) is 23.8 Å². The van der Waals surface area contributed by atoms with Crippen molar-refractivity contribution in [3.05, 3.63) is 22.9 Å². The van der Waals surface area contributed by atoms with E-state index in [9.17, 15) is 0 Å². The van der Waals surface area contributed by atoms with Gasteiger partial charge in [0.15, 0.2) is 0 Å². The molecule has 78 valence electrons. The van der Waals surface area contributed by atoms with Crippen LogP contribution >= 0.6 is 15.9 Å². The van der Waals surface area contributed by atoms with Crippen LogP contribution in [0.25, 0.3) is 0 Å². The highest BCUT2D eigenvalue weighted by Gasteiger charge is 2.09. The molecule has 1 heterocycles. The first kappa shape index (κ1) is 11.5. The van der Waals surface area contributed by atoms with Crippen molar-refractivity contribution in [1.29, 1.82) is 0 Å². The van der Waals surface area contributed by atoms with Crippen LogP contribution in [0.15, 0.2) is 22.9 Å². The normalized spacial score (nSPS) is 12.6. The highest BCUT2D eigenvalue weighted by atomic mass is 79.9. The van der Waals surface area contributed by atoms with Gasteiger partial charge in [-0.2, -0.15) is 0 Å². The van der Waals surface area contributed by atoms with Crippen molar-refractivity contribution in [1.82, 2.24) is 4.98 Å². The molecule has 0 spiro atoms. The van der Waals surface area contributed by atoms with E-state index >= 15 is 0 Å². The van der Waals surface area contributed by atoms with Crippen LogP contribution in [0.3, 0.4) is 0 Å². The molecule has 1 rings (SSSR count). The lowest BCUT2D eigenvalue weighted by molar-refractivity contribution is 0.615. The summed E-state index contributed by atoms with van der Waals surface area (Å²) in [6, 6.07) is 2.66. The lowest BCUT2D eigenvalue weighted by Gasteiger charge is -2.26. The Hall–Kier alpha value is -0.570. The molecule has 0 saturated heterocycles. The van der Waals surface area contributed by atoms with Gasteiger partial charge in [0.1, 0.15) is 0 Å². The molecule has 0 bridgehead atoms. The summed E-state index contributed by atoms with van der Waals surface area (Å²) in [6.45, 7) is 4.45. The molecule has 1 atom stereocenters. The zero-order valence-electron chi connectivity index (χ0n) is 9.00. The first-order chi connectivity index (χ1) is 6.65. The molecule has 0 fully saturated rings.